The predicted molar refractivity (Wildman–Crippen MR) is 70.6 cm³/mol. The molecule has 0 radical (unpaired) electrons. The number of nitrogens with zero attached hydrogens (tertiary/aromatic N) is 2. The van der Waals surface area contributed by atoms with Crippen LogP contribution in [-0.4, -0.2) is 26.3 Å². The van der Waals surface area contributed by atoms with E-state index in [1.54, 1.807) is 12.1 Å². The van der Waals surface area contributed by atoms with Gasteiger partial charge >= 0.3 is 5.97 Å². The molecule has 0 amide bonds. The van der Waals surface area contributed by atoms with E-state index >= 15 is 0 Å². The van der Waals surface area contributed by atoms with Gasteiger partial charge in [0.15, 0.2) is 0 Å². The van der Waals surface area contributed by atoms with Crippen molar-refractivity contribution in [2.45, 2.75) is 24.9 Å². The normalized spacial score (nSPS) is 11.7. The van der Waals surface area contributed by atoms with Crippen LogP contribution in [0.5, 0.6) is 0 Å². The number of aliphatic carboxylic acids is 1. The number of nitrogens with one attached hydrogen (secondary N) is 1. The summed E-state index contributed by atoms with van der Waals surface area (Å²) in [4.78, 5) is 15.5. The number of furan rings is 1. The van der Waals surface area contributed by atoms with Crippen molar-refractivity contribution in [3.05, 3.63) is 34.9 Å². The van der Waals surface area contributed by atoms with Crippen molar-refractivity contribution in [3.8, 4) is 0 Å². The summed E-state index contributed by atoms with van der Waals surface area (Å²) >= 11 is 0.990. The van der Waals surface area contributed by atoms with E-state index in [1.165, 1.54) is 12.3 Å². The fourth-order valence-corrected chi connectivity index (χ4v) is 2.11. The summed E-state index contributed by atoms with van der Waals surface area (Å²) < 4.78 is 5.09. The van der Waals surface area contributed by atoms with Crippen molar-refractivity contribution in [2.24, 2.45) is 0 Å². The number of carboxylic acids is 1. The molecular formula is C12H13N3O3S. The molecule has 0 atom stereocenters. The zero-order valence-corrected chi connectivity index (χ0v) is 11.1. The van der Waals surface area contributed by atoms with Gasteiger partial charge in [-0.15, -0.1) is 5.10 Å². The number of carboxylic acid groups (broad SMARTS) is 1. The molecule has 0 saturated heterocycles. The molecule has 2 rings (SSSR count). The first-order chi connectivity index (χ1) is 9.19. The van der Waals surface area contributed by atoms with E-state index in [-0.39, 0.29) is 4.91 Å². The summed E-state index contributed by atoms with van der Waals surface area (Å²) in [5, 5.41) is 16.3. The highest BCUT2D eigenvalue weighted by Gasteiger charge is 2.14. The first-order valence-electron chi connectivity index (χ1n) is 5.76. The van der Waals surface area contributed by atoms with Gasteiger partial charge < -0.3 is 9.52 Å². The molecule has 0 aliphatic carbocycles. The number of aromatic amines is 1. The first-order valence-corrected chi connectivity index (χ1v) is 6.58. The van der Waals surface area contributed by atoms with Gasteiger partial charge in [-0.25, -0.2) is 9.78 Å². The van der Waals surface area contributed by atoms with Gasteiger partial charge in [0.05, 0.1) is 6.26 Å². The Morgan fingerprint density at radius 3 is 3.11 bits per heavy atom. The van der Waals surface area contributed by atoms with Gasteiger partial charge in [-0.1, -0.05) is 6.92 Å². The highest BCUT2D eigenvalue weighted by Crippen LogP contribution is 2.25. The van der Waals surface area contributed by atoms with Gasteiger partial charge in [0, 0.05) is 12.5 Å². The number of hydrogen-bond donors (Lipinski definition) is 2. The van der Waals surface area contributed by atoms with Crippen LogP contribution >= 0.6 is 11.8 Å². The minimum Gasteiger partial charge on any atom is -0.477 e. The average Bonchev–Trinajstić information content (AvgIpc) is 3.01. The Labute approximate surface area is 113 Å². The number of aromatic nitrogens is 3. The second-order valence-electron chi connectivity index (χ2n) is 3.75. The Kier molecular flexibility index (Phi) is 4.40. The van der Waals surface area contributed by atoms with E-state index < -0.39 is 5.97 Å². The van der Waals surface area contributed by atoms with Crippen LogP contribution in [0.15, 0.2) is 32.9 Å². The van der Waals surface area contributed by atoms with E-state index in [1.807, 2.05) is 6.92 Å². The molecule has 6 nitrogen and oxygen atoms in total. The molecule has 2 aromatic rings. The molecule has 0 unspecified atom stereocenters. The van der Waals surface area contributed by atoms with Gasteiger partial charge in [0.2, 0.25) is 5.16 Å². The third kappa shape index (κ3) is 3.72. The molecule has 0 aliphatic rings. The molecule has 7 heteroatoms. The maximum atomic E-state index is 11.2. The number of aryl methyl sites for hydroxylation is 1. The Morgan fingerprint density at radius 1 is 1.63 bits per heavy atom. The second-order valence-corrected chi connectivity index (χ2v) is 4.75. The smallest absolute Gasteiger partial charge is 0.342 e. The highest BCUT2D eigenvalue weighted by atomic mass is 32.2. The summed E-state index contributed by atoms with van der Waals surface area (Å²) in [6.45, 7) is 2.04. The Bertz CT molecular complexity index is 575. The summed E-state index contributed by atoms with van der Waals surface area (Å²) in [5.74, 6) is 0.199. The fourth-order valence-electron chi connectivity index (χ4n) is 1.41. The molecule has 100 valence electrons. The maximum absolute atomic E-state index is 11.2. The largest absolute Gasteiger partial charge is 0.477 e. The average molecular weight is 279 g/mol. The highest BCUT2D eigenvalue weighted by molar-refractivity contribution is 8.04. The maximum Gasteiger partial charge on any atom is 0.342 e. The third-order valence-corrected chi connectivity index (χ3v) is 3.10. The molecule has 0 spiro atoms. The van der Waals surface area contributed by atoms with E-state index in [4.69, 9.17) is 9.52 Å². The van der Waals surface area contributed by atoms with E-state index in [2.05, 4.69) is 15.2 Å². The Morgan fingerprint density at radius 2 is 2.47 bits per heavy atom. The molecule has 0 saturated carbocycles. The number of thioether (sulfide) groups is 1. The SMILES string of the molecule is CCCc1nc(S/C(=C/c2ccco2)C(=O)O)n[nH]1. The molecule has 0 aliphatic heterocycles. The summed E-state index contributed by atoms with van der Waals surface area (Å²) in [6.07, 6.45) is 4.68. The van der Waals surface area contributed by atoms with Crippen LogP contribution in [0.3, 0.4) is 0 Å². The summed E-state index contributed by atoms with van der Waals surface area (Å²) in [6, 6.07) is 3.38. The van der Waals surface area contributed by atoms with Gasteiger partial charge in [0.1, 0.15) is 16.5 Å². The predicted octanol–water partition coefficient (Wildman–Crippen LogP) is 2.57. The molecule has 19 heavy (non-hydrogen) atoms. The van der Waals surface area contributed by atoms with E-state index in [0.717, 1.165) is 30.4 Å². The monoisotopic (exact) mass is 279 g/mol. The number of H-pyrrole nitrogens is 1. The van der Waals surface area contributed by atoms with Gasteiger partial charge in [-0.05, 0) is 30.3 Å². The van der Waals surface area contributed by atoms with Crippen molar-refractivity contribution in [2.75, 3.05) is 0 Å². The zero-order valence-electron chi connectivity index (χ0n) is 10.3. The van der Waals surface area contributed by atoms with Crippen molar-refractivity contribution in [1.29, 1.82) is 0 Å². The second kappa shape index (κ2) is 6.24. The lowest BCUT2D eigenvalue weighted by Crippen LogP contribution is -1.97. The molecule has 2 N–H and O–H groups in total. The van der Waals surface area contributed by atoms with Gasteiger partial charge in [-0.3, -0.25) is 5.10 Å². The van der Waals surface area contributed by atoms with Crippen LogP contribution in [0.25, 0.3) is 6.08 Å². The lowest BCUT2D eigenvalue weighted by Gasteiger charge is -1.96. The molecule has 2 aromatic heterocycles. The summed E-state index contributed by atoms with van der Waals surface area (Å²) in [5.41, 5.74) is 0. The van der Waals surface area contributed by atoms with Crippen molar-refractivity contribution >= 4 is 23.8 Å². The Balaban J connectivity index is 2.14. The molecule has 2 heterocycles. The van der Waals surface area contributed by atoms with Crippen LogP contribution < -0.4 is 0 Å². The number of hydrogen-bond acceptors (Lipinski definition) is 5. The van der Waals surface area contributed by atoms with Gasteiger partial charge in [-0.2, -0.15) is 0 Å². The standard InChI is InChI=1S/C12H13N3O3S/c1-2-4-10-13-12(15-14-10)19-9(11(16)17)7-8-5-3-6-18-8/h3,5-7H,2,4H2,1H3,(H,16,17)(H,13,14,15)/b9-7+. The first kappa shape index (κ1) is 13.4. The van der Waals surface area contributed by atoms with Crippen LogP contribution in [0.4, 0.5) is 0 Å². The van der Waals surface area contributed by atoms with Crippen molar-refractivity contribution in [1.82, 2.24) is 15.2 Å². The van der Waals surface area contributed by atoms with E-state index in [0.29, 0.717) is 10.9 Å². The molecule has 0 aromatic carbocycles. The lowest BCUT2D eigenvalue weighted by atomic mass is 10.3. The van der Waals surface area contributed by atoms with Gasteiger partial charge in [0.25, 0.3) is 0 Å². The van der Waals surface area contributed by atoms with Crippen LogP contribution in [0.2, 0.25) is 0 Å². The lowest BCUT2D eigenvalue weighted by molar-refractivity contribution is -0.131. The Hall–Kier alpha value is -2.02. The number of rotatable bonds is 6. The minimum atomic E-state index is -1.04. The van der Waals surface area contributed by atoms with Crippen molar-refractivity contribution in [3.63, 3.8) is 0 Å². The van der Waals surface area contributed by atoms with Crippen LogP contribution in [0.1, 0.15) is 24.9 Å². The van der Waals surface area contributed by atoms with Crippen LogP contribution in [0, 0.1) is 0 Å². The van der Waals surface area contributed by atoms with E-state index in [9.17, 15) is 4.79 Å². The van der Waals surface area contributed by atoms with Crippen molar-refractivity contribution < 1.29 is 14.3 Å². The number of carbonyl (C=O) groups is 1. The van der Waals surface area contributed by atoms with Crippen LogP contribution in [-0.2, 0) is 11.2 Å². The molecule has 0 bridgehead atoms. The molecule has 0 fully saturated rings. The summed E-state index contributed by atoms with van der Waals surface area (Å²) in [7, 11) is 0. The fraction of sp³-hybridized carbons (Fsp3) is 0.250. The minimum absolute atomic E-state index is 0.108. The molecular weight excluding hydrogens is 266 g/mol. The topological polar surface area (TPSA) is 92.0 Å². The third-order valence-electron chi connectivity index (χ3n) is 2.23. The zero-order chi connectivity index (χ0) is 13.7. The quantitative estimate of drug-likeness (QED) is 0.623.